The largest absolute Gasteiger partial charge is 0.436 e. The quantitative estimate of drug-likeness (QED) is 0.407. The van der Waals surface area contributed by atoms with Gasteiger partial charge in [0.2, 0.25) is 0 Å². The van der Waals surface area contributed by atoms with Crippen LogP contribution in [0.2, 0.25) is 0 Å². The van der Waals surface area contributed by atoms with Crippen LogP contribution in [0.5, 0.6) is 0 Å². The van der Waals surface area contributed by atoms with Gasteiger partial charge in [-0.1, -0.05) is 36.7 Å². The van der Waals surface area contributed by atoms with Gasteiger partial charge in [0.1, 0.15) is 12.9 Å². The van der Waals surface area contributed by atoms with E-state index in [9.17, 15) is 18.0 Å². The number of oxime groups is 1. The Hall–Kier alpha value is -1.59. The van der Waals surface area contributed by atoms with Crippen LogP contribution in [0.3, 0.4) is 0 Å². The fourth-order valence-electron chi connectivity index (χ4n) is 4.10. The number of ketones is 1. The maximum Gasteiger partial charge on any atom is 0.436 e. The van der Waals surface area contributed by atoms with Gasteiger partial charge < -0.3 is 4.84 Å². The lowest BCUT2D eigenvalue weighted by Crippen LogP contribution is -2.36. The molecule has 1 saturated carbocycles. The Balaban J connectivity index is 2.05. The van der Waals surface area contributed by atoms with Gasteiger partial charge in [0.25, 0.3) is 0 Å². The van der Waals surface area contributed by atoms with Gasteiger partial charge >= 0.3 is 6.18 Å². The Morgan fingerprint density at radius 1 is 1.54 bits per heavy atom. The minimum absolute atomic E-state index is 0.0495. The second-order valence-corrected chi connectivity index (χ2v) is 6.88. The van der Waals surface area contributed by atoms with Crippen LogP contribution in [0.15, 0.2) is 29.0 Å². The Labute approximate surface area is 140 Å². The van der Waals surface area contributed by atoms with Crippen LogP contribution in [0, 0.1) is 17.3 Å². The summed E-state index contributed by atoms with van der Waals surface area (Å²) in [4.78, 5) is 16.4. The zero-order valence-corrected chi connectivity index (χ0v) is 14.3. The van der Waals surface area contributed by atoms with E-state index in [-0.39, 0.29) is 17.3 Å². The Bertz CT molecular complexity index is 577. The fourth-order valence-corrected chi connectivity index (χ4v) is 4.10. The lowest BCUT2D eigenvalue weighted by molar-refractivity contribution is -0.128. The monoisotopic (exact) mass is 343 g/mol. The molecule has 134 valence electrons. The molecule has 0 spiro atoms. The summed E-state index contributed by atoms with van der Waals surface area (Å²) in [6.45, 7) is 4.13. The molecule has 0 bridgehead atoms. The van der Waals surface area contributed by atoms with E-state index in [0.29, 0.717) is 18.6 Å². The standard InChI is InChI=1S/C18H24F3NO2/c1-12(6-4-8-16(22-24-3)18(19,20)21)13-9-10-14-15(23)7-5-11-17(13,14)2/h4,8-9,12,14H,5-7,10-11H2,1-3H3/t12-,14+,17-/m1/s1. The summed E-state index contributed by atoms with van der Waals surface area (Å²) in [6, 6.07) is 0. The van der Waals surface area contributed by atoms with Crippen molar-refractivity contribution in [3.8, 4) is 0 Å². The predicted molar refractivity (Wildman–Crippen MR) is 86.6 cm³/mol. The van der Waals surface area contributed by atoms with Crippen molar-refractivity contribution in [2.75, 3.05) is 7.11 Å². The molecule has 0 saturated heterocycles. The average molecular weight is 343 g/mol. The zero-order chi connectivity index (χ0) is 18.0. The molecule has 24 heavy (non-hydrogen) atoms. The number of rotatable bonds is 5. The molecule has 2 aliphatic carbocycles. The molecule has 3 nitrogen and oxygen atoms in total. The number of Topliss-reactive ketones (excluding diaryl/α,β-unsaturated/α-hetero) is 1. The summed E-state index contributed by atoms with van der Waals surface area (Å²) >= 11 is 0. The maximum atomic E-state index is 12.7. The van der Waals surface area contributed by atoms with Crippen molar-refractivity contribution in [1.82, 2.24) is 0 Å². The molecule has 0 aliphatic heterocycles. The van der Waals surface area contributed by atoms with E-state index in [1.807, 2.05) is 6.92 Å². The highest BCUT2D eigenvalue weighted by molar-refractivity contribution is 5.99. The van der Waals surface area contributed by atoms with Gasteiger partial charge in [0.05, 0.1) is 0 Å². The van der Waals surface area contributed by atoms with Crippen LogP contribution in [0.25, 0.3) is 0 Å². The number of halogens is 3. The van der Waals surface area contributed by atoms with Gasteiger partial charge in [-0.05, 0) is 43.1 Å². The van der Waals surface area contributed by atoms with Gasteiger partial charge in [-0.15, -0.1) is 0 Å². The minimum Gasteiger partial charge on any atom is -0.399 e. The summed E-state index contributed by atoms with van der Waals surface area (Å²) in [5.74, 6) is 0.469. The molecule has 2 aliphatic rings. The molecule has 0 unspecified atom stereocenters. The molecule has 0 heterocycles. The van der Waals surface area contributed by atoms with Crippen molar-refractivity contribution < 1.29 is 22.8 Å². The normalized spacial score (nSPS) is 29.6. The van der Waals surface area contributed by atoms with Crippen LogP contribution < -0.4 is 0 Å². The molecular formula is C18H24F3NO2. The van der Waals surface area contributed by atoms with Crippen LogP contribution in [0.4, 0.5) is 13.2 Å². The molecule has 0 aromatic heterocycles. The molecule has 0 N–H and O–H groups in total. The molecule has 0 aromatic carbocycles. The second kappa shape index (κ2) is 7.11. The Morgan fingerprint density at radius 2 is 2.25 bits per heavy atom. The van der Waals surface area contributed by atoms with Crippen LogP contribution in [-0.2, 0) is 9.63 Å². The molecule has 0 amide bonds. The van der Waals surface area contributed by atoms with E-state index in [2.05, 4.69) is 23.0 Å². The predicted octanol–water partition coefficient (Wildman–Crippen LogP) is 4.84. The third-order valence-corrected chi connectivity index (χ3v) is 5.29. The highest BCUT2D eigenvalue weighted by Crippen LogP contribution is 2.53. The number of carbonyl (C=O) groups is 1. The lowest BCUT2D eigenvalue weighted by atomic mass is 9.63. The van der Waals surface area contributed by atoms with Gasteiger partial charge in [-0.3, -0.25) is 4.79 Å². The van der Waals surface area contributed by atoms with E-state index in [1.54, 1.807) is 0 Å². The maximum absolute atomic E-state index is 12.7. The molecule has 0 radical (unpaired) electrons. The molecule has 2 rings (SSSR count). The molecular weight excluding hydrogens is 319 g/mol. The first-order valence-corrected chi connectivity index (χ1v) is 8.28. The topological polar surface area (TPSA) is 38.7 Å². The zero-order valence-electron chi connectivity index (χ0n) is 14.3. The van der Waals surface area contributed by atoms with Gasteiger partial charge in [-0.25, -0.2) is 0 Å². The van der Waals surface area contributed by atoms with Crippen molar-refractivity contribution in [2.24, 2.45) is 22.4 Å². The van der Waals surface area contributed by atoms with Gasteiger partial charge in [-0.2, -0.15) is 13.2 Å². The Morgan fingerprint density at radius 3 is 2.88 bits per heavy atom. The number of carbonyl (C=O) groups excluding carboxylic acids is 1. The number of allylic oxidation sites excluding steroid dienone is 4. The number of nitrogens with zero attached hydrogens (tertiary/aromatic N) is 1. The summed E-state index contributed by atoms with van der Waals surface area (Å²) < 4.78 is 38.2. The van der Waals surface area contributed by atoms with E-state index in [1.165, 1.54) is 11.6 Å². The fraction of sp³-hybridized carbons (Fsp3) is 0.667. The van der Waals surface area contributed by atoms with Crippen molar-refractivity contribution in [3.63, 3.8) is 0 Å². The first kappa shape index (κ1) is 18.7. The third-order valence-electron chi connectivity index (χ3n) is 5.29. The summed E-state index contributed by atoms with van der Waals surface area (Å²) in [6.07, 6.45) is 3.79. The number of hydrogen-bond donors (Lipinski definition) is 0. The third kappa shape index (κ3) is 3.73. The van der Waals surface area contributed by atoms with Crippen molar-refractivity contribution in [3.05, 3.63) is 23.8 Å². The first-order chi connectivity index (χ1) is 11.2. The number of alkyl halides is 3. The average Bonchev–Trinajstić information content (AvgIpc) is 2.83. The van der Waals surface area contributed by atoms with Crippen LogP contribution in [0.1, 0.15) is 46.0 Å². The summed E-state index contributed by atoms with van der Waals surface area (Å²) in [7, 11) is 1.09. The summed E-state index contributed by atoms with van der Waals surface area (Å²) in [5.41, 5.74) is 0.0350. The Kier molecular flexibility index (Phi) is 5.56. The number of fused-ring (bicyclic) bond motifs is 1. The number of hydrogen-bond acceptors (Lipinski definition) is 3. The molecule has 1 fully saturated rings. The van der Waals surface area contributed by atoms with Crippen molar-refractivity contribution >= 4 is 11.5 Å². The molecule has 0 aromatic rings. The highest BCUT2D eigenvalue weighted by Gasteiger charge is 2.47. The molecule has 6 heteroatoms. The van der Waals surface area contributed by atoms with E-state index >= 15 is 0 Å². The van der Waals surface area contributed by atoms with Crippen molar-refractivity contribution in [1.29, 1.82) is 0 Å². The highest BCUT2D eigenvalue weighted by atomic mass is 19.4. The first-order valence-electron chi connectivity index (χ1n) is 8.28. The van der Waals surface area contributed by atoms with Crippen molar-refractivity contribution in [2.45, 2.75) is 52.1 Å². The SMILES string of the molecule is CON=C(C=CC[C@@H](C)C1=CC[C@H]2C(=O)CCC[C@]12C)C(F)(F)F. The smallest absolute Gasteiger partial charge is 0.399 e. The van der Waals surface area contributed by atoms with Crippen LogP contribution >= 0.6 is 0 Å². The van der Waals surface area contributed by atoms with E-state index in [4.69, 9.17) is 0 Å². The van der Waals surface area contributed by atoms with Gasteiger partial charge in [0, 0.05) is 12.3 Å². The summed E-state index contributed by atoms with van der Waals surface area (Å²) in [5, 5.41) is 3.02. The minimum atomic E-state index is -4.53. The lowest BCUT2D eigenvalue weighted by Gasteiger charge is -2.40. The van der Waals surface area contributed by atoms with E-state index < -0.39 is 11.9 Å². The molecule has 3 atom stereocenters. The van der Waals surface area contributed by atoms with Crippen LogP contribution in [-0.4, -0.2) is 24.8 Å². The van der Waals surface area contributed by atoms with E-state index in [0.717, 1.165) is 32.4 Å². The second-order valence-electron chi connectivity index (χ2n) is 6.88. The van der Waals surface area contributed by atoms with Gasteiger partial charge in [0.15, 0.2) is 5.71 Å².